The van der Waals surface area contributed by atoms with E-state index in [0.29, 0.717) is 12.2 Å². The lowest BCUT2D eigenvalue weighted by molar-refractivity contribution is 0.0498. The number of para-hydroxylation sites is 1. The van der Waals surface area contributed by atoms with Crippen LogP contribution in [-0.4, -0.2) is 17.6 Å². The zero-order valence-corrected chi connectivity index (χ0v) is 13.0. The van der Waals surface area contributed by atoms with E-state index in [4.69, 9.17) is 4.74 Å². The third-order valence-electron chi connectivity index (χ3n) is 3.37. The maximum Gasteiger partial charge on any atom is 0.338 e. The number of unbranched alkanes of at least 4 members (excludes halogenated alkanes) is 1. The summed E-state index contributed by atoms with van der Waals surface area (Å²) in [5.74, 6) is -0.249. The number of carbonyl (C=O) groups excluding carboxylic acids is 1. The molecule has 0 N–H and O–H groups in total. The number of hydrogen-bond acceptors (Lipinski definition) is 4. The minimum Gasteiger partial charge on any atom is -0.462 e. The average Bonchev–Trinajstić information content (AvgIpc) is 2.98. The molecular weight excluding hydrogens is 294 g/mol. The number of esters is 1. The van der Waals surface area contributed by atoms with E-state index in [1.165, 1.54) is 4.70 Å². The number of thiazole rings is 1. The summed E-state index contributed by atoms with van der Waals surface area (Å²) >= 11 is 1.74. The van der Waals surface area contributed by atoms with E-state index in [1.54, 1.807) is 23.5 Å². The molecule has 0 saturated carbocycles. The molecule has 112 valence electrons. The van der Waals surface area contributed by atoms with E-state index in [-0.39, 0.29) is 5.97 Å². The second-order valence-electron chi connectivity index (χ2n) is 5.03. The molecule has 0 unspecified atom stereocenters. The summed E-state index contributed by atoms with van der Waals surface area (Å²) in [7, 11) is 0. The van der Waals surface area contributed by atoms with Crippen molar-refractivity contribution in [3.8, 4) is 0 Å². The van der Waals surface area contributed by atoms with Crippen molar-refractivity contribution in [2.24, 2.45) is 0 Å². The Labute approximate surface area is 133 Å². The Morgan fingerprint density at radius 2 is 1.77 bits per heavy atom. The summed E-state index contributed by atoms with van der Waals surface area (Å²) in [5.41, 5.74) is 1.67. The molecule has 0 spiro atoms. The molecule has 0 aliphatic carbocycles. The van der Waals surface area contributed by atoms with Crippen molar-refractivity contribution in [3.05, 3.63) is 65.2 Å². The van der Waals surface area contributed by atoms with Crippen LogP contribution in [0.1, 0.15) is 28.2 Å². The van der Waals surface area contributed by atoms with Crippen LogP contribution in [0.25, 0.3) is 10.2 Å². The molecule has 0 saturated heterocycles. The minimum absolute atomic E-state index is 0.249. The fourth-order valence-corrected chi connectivity index (χ4v) is 3.24. The van der Waals surface area contributed by atoms with Crippen molar-refractivity contribution in [2.75, 3.05) is 6.61 Å². The van der Waals surface area contributed by atoms with E-state index < -0.39 is 0 Å². The van der Waals surface area contributed by atoms with Crippen molar-refractivity contribution in [2.45, 2.75) is 19.3 Å². The number of ether oxygens (including phenoxy) is 1. The Hall–Kier alpha value is -2.20. The molecule has 0 bridgehead atoms. The second kappa shape index (κ2) is 7.18. The summed E-state index contributed by atoms with van der Waals surface area (Å²) in [4.78, 5) is 16.4. The first-order valence-electron chi connectivity index (χ1n) is 7.39. The van der Waals surface area contributed by atoms with Crippen LogP contribution >= 0.6 is 11.3 Å². The first-order chi connectivity index (χ1) is 10.8. The van der Waals surface area contributed by atoms with Gasteiger partial charge in [0.25, 0.3) is 0 Å². The Kier molecular flexibility index (Phi) is 4.81. The van der Waals surface area contributed by atoms with Crippen LogP contribution < -0.4 is 0 Å². The predicted octanol–water partition coefficient (Wildman–Crippen LogP) is 4.48. The van der Waals surface area contributed by atoms with Crippen LogP contribution in [0.5, 0.6) is 0 Å². The normalized spacial score (nSPS) is 10.7. The highest BCUT2D eigenvalue weighted by atomic mass is 32.1. The third-order valence-corrected chi connectivity index (χ3v) is 4.46. The van der Waals surface area contributed by atoms with Crippen LogP contribution in [0.4, 0.5) is 0 Å². The second-order valence-corrected chi connectivity index (χ2v) is 6.15. The molecular formula is C18H17NO2S. The number of hydrogen-bond donors (Lipinski definition) is 0. The van der Waals surface area contributed by atoms with E-state index in [9.17, 15) is 4.79 Å². The summed E-state index contributed by atoms with van der Waals surface area (Å²) in [5, 5.41) is 1.15. The maximum absolute atomic E-state index is 11.8. The van der Waals surface area contributed by atoms with Gasteiger partial charge in [0.05, 0.1) is 27.4 Å². The number of nitrogens with zero attached hydrogens (tertiary/aromatic N) is 1. The average molecular weight is 311 g/mol. The fraction of sp³-hybridized carbons (Fsp3) is 0.222. The van der Waals surface area contributed by atoms with Gasteiger partial charge in [0.2, 0.25) is 0 Å². The molecule has 0 amide bonds. The highest BCUT2D eigenvalue weighted by molar-refractivity contribution is 7.18. The van der Waals surface area contributed by atoms with Gasteiger partial charge in [-0.2, -0.15) is 0 Å². The van der Waals surface area contributed by atoms with Crippen LogP contribution in [0, 0.1) is 0 Å². The molecule has 2 aromatic carbocycles. The van der Waals surface area contributed by atoms with Crippen molar-refractivity contribution < 1.29 is 9.53 Å². The molecule has 0 radical (unpaired) electrons. The van der Waals surface area contributed by atoms with Crippen LogP contribution in [0.2, 0.25) is 0 Å². The first-order valence-corrected chi connectivity index (χ1v) is 8.21. The third kappa shape index (κ3) is 3.71. The monoisotopic (exact) mass is 311 g/mol. The van der Waals surface area contributed by atoms with Gasteiger partial charge >= 0.3 is 5.97 Å². The van der Waals surface area contributed by atoms with Crippen molar-refractivity contribution in [1.29, 1.82) is 0 Å². The maximum atomic E-state index is 11.8. The molecule has 0 atom stereocenters. The van der Waals surface area contributed by atoms with Gasteiger partial charge in [-0.05, 0) is 43.5 Å². The quantitative estimate of drug-likeness (QED) is 0.498. The van der Waals surface area contributed by atoms with Crippen LogP contribution in [-0.2, 0) is 11.2 Å². The molecule has 4 heteroatoms. The zero-order valence-electron chi connectivity index (χ0n) is 12.2. The summed E-state index contributed by atoms with van der Waals surface area (Å²) in [6.45, 7) is 0.457. The SMILES string of the molecule is O=C(OCCCCc1nc2ccccc2s1)c1ccccc1. The Balaban J connectivity index is 1.41. The summed E-state index contributed by atoms with van der Waals surface area (Å²) in [6, 6.07) is 17.3. The summed E-state index contributed by atoms with van der Waals surface area (Å²) in [6.07, 6.45) is 2.76. The molecule has 3 aromatic rings. The topological polar surface area (TPSA) is 39.2 Å². The summed E-state index contributed by atoms with van der Waals surface area (Å²) < 4.78 is 6.50. The number of aromatic nitrogens is 1. The van der Waals surface area contributed by atoms with Crippen molar-refractivity contribution in [3.63, 3.8) is 0 Å². The smallest absolute Gasteiger partial charge is 0.338 e. The van der Waals surface area contributed by atoms with Crippen LogP contribution in [0.15, 0.2) is 54.6 Å². The first kappa shape index (κ1) is 14.7. The number of benzene rings is 2. The molecule has 22 heavy (non-hydrogen) atoms. The molecule has 1 aromatic heterocycles. The minimum atomic E-state index is -0.249. The van der Waals surface area contributed by atoms with E-state index >= 15 is 0 Å². The van der Waals surface area contributed by atoms with Crippen molar-refractivity contribution in [1.82, 2.24) is 4.98 Å². The lowest BCUT2D eigenvalue weighted by Crippen LogP contribution is -2.06. The predicted molar refractivity (Wildman–Crippen MR) is 89.3 cm³/mol. The lowest BCUT2D eigenvalue weighted by Gasteiger charge is -2.04. The number of rotatable bonds is 6. The van der Waals surface area contributed by atoms with E-state index in [2.05, 4.69) is 11.1 Å². The van der Waals surface area contributed by atoms with Gasteiger partial charge in [-0.15, -0.1) is 11.3 Å². The highest BCUT2D eigenvalue weighted by Crippen LogP contribution is 2.22. The van der Waals surface area contributed by atoms with Gasteiger partial charge in [0.15, 0.2) is 0 Å². The molecule has 0 fully saturated rings. The van der Waals surface area contributed by atoms with Gasteiger partial charge in [0, 0.05) is 0 Å². The van der Waals surface area contributed by atoms with Gasteiger partial charge in [-0.3, -0.25) is 0 Å². The number of fused-ring (bicyclic) bond motifs is 1. The molecule has 3 rings (SSSR count). The van der Waals surface area contributed by atoms with E-state index in [1.807, 2.05) is 36.4 Å². The number of aryl methyl sites for hydroxylation is 1. The van der Waals surface area contributed by atoms with Crippen molar-refractivity contribution >= 4 is 27.5 Å². The van der Waals surface area contributed by atoms with Gasteiger partial charge in [-0.1, -0.05) is 30.3 Å². The fourth-order valence-electron chi connectivity index (χ4n) is 2.23. The molecule has 0 aliphatic rings. The van der Waals surface area contributed by atoms with E-state index in [0.717, 1.165) is 29.8 Å². The number of carbonyl (C=O) groups is 1. The van der Waals surface area contributed by atoms with Crippen LogP contribution in [0.3, 0.4) is 0 Å². The standard InChI is InChI=1S/C18H17NO2S/c20-18(14-8-2-1-3-9-14)21-13-7-6-12-17-19-15-10-4-5-11-16(15)22-17/h1-5,8-11H,6-7,12-13H2. The Morgan fingerprint density at radius 1 is 1.00 bits per heavy atom. The lowest BCUT2D eigenvalue weighted by atomic mass is 10.2. The van der Waals surface area contributed by atoms with Gasteiger partial charge in [0.1, 0.15) is 0 Å². The molecule has 1 heterocycles. The molecule has 0 aliphatic heterocycles. The van der Waals surface area contributed by atoms with Gasteiger partial charge in [-0.25, -0.2) is 9.78 Å². The zero-order chi connectivity index (χ0) is 15.2. The Bertz CT molecular complexity index is 719. The van der Waals surface area contributed by atoms with Gasteiger partial charge < -0.3 is 4.74 Å². The highest BCUT2D eigenvalue weighted by Gasteiger charge is 2.06. The molecule has 3 nitrogen and oxygen atoms in total. The largest absolute Gasteiger partial charge is 0.462 e. The Morgan fingerprint density at radius 3 is 2.59 bits per heavy atom.